The second kappa shape index (κ2) is 6.62. The van der Waals surface area contributed by atoms with Crippen LogP contribution >= 0.6 is 0 Å². The number of carbonyl (C=O) groups excluding carboxylic acids is 1. The third kappa shape index (κ3) is 2.79. The van der Waals surface area contributed by atoms with Crippen LogP contribution in [0.4, 0.5) is 5.82 Å². The maximum atomic E-state index is 13.2. The molecule has 4 aromatic rings. The molecule has 2 aromatic heterocycles. The molecule has 0 unspecified atom stereocenters. The summed E-state index contributed by atoms with van der Waals surface area (Å²) in [5, 5.41) is 7.06. The molecule has 7 heteroatoms. The summed E-state index contributed by atoms with van der Waals surface area (Å²) in [5.74, 6) is 1.66. The van der Waals surface area contributed by atoms with E-state index in [0.29, 0.717) is 23.1 Å². The van der Waals surface area contributed by atoms with Crippen LogP contribution in [0.15, 0.2) is 79.4 Å². The number of aromatic nitrogens is 4. The summed E-state index contributed by atoms with van der Waals surface area (Å²) in [6.45, 7) is 0. The van der Waals surface area contributed by atoms with Crippen LogP contribution in [0.1, 0.15) is 17.0 Å². The van der Waals surface area contributed by atoms with Gasteiger partial charge in [-0.1, -0.05) is 36.4 Å². The molecule has 0 aliphatic carbocycles. The van der Waals surface area contributed by atoms with Crippen molar-refractivity contribution in [3.05, 3.63) is 90.5 Å². The van der Waals surface area contributed by atoms with Crippen molar-refractivity contribution in [2.75, 3.05) is 5.32 Å². The molecule has 0 radical (unpaired) electrons. The van der Waals surface area contributed by atoms with Gasteiger partial charge in [-0.25, -0.2) is 14.6 Å². The molecule has 1 amide bonds. The minimum atomic E-state index is -0.496. The Hall–Kier alpha value is -4.00. The molecule has 5 rings (SSSR count). The summed E-state index contributed by atoms with van der Waals surface area (Å²) in [6, 6.07) is 18.6. The van der Waals surface area contributed by atoms with Gasteiger partial charge in [0.1, 0.15) is 23.6 Å². The average Bonchev–Trinajstić information content (AvgIpc) is 3.27. The predicted octanol–water partition coefficient (Wildman–Crippen LogP) is 3.54. The van der Waals surface area contributed by atoms with E-state index in [-0.39, 0.29) is 5.91 Å². The maximum Gasteiger partial charge on any atom is 0.237 e. The third-order valence-electron chi connectivity index (χ3n) is 4.59. The van der Waals surface area contributed by atoms with Gasteiger partial charge in [0.15, 0.2) is 5.82 Å². The fourth-order valence-corrected chi connectivity index (χ4v) is 3.34. The summed E-state index contributed by atoms with van der Waals surface area (Å²) >= 11 is 0. The number of fused-ring (bicyclic) bond motifs is 2. The van der Waals surface area contributed by atoms with Gasteiger partial charge in [-0.2, -0.15) is 5.10 Å². The fraction of sp³-hybridized carbons (Fsp3) is 0.0476. The Balaban J connectivity index is 1.50. The summed E-state index contributed by atoms with van der Waals surface area (Å²) in [4.78, 5) is 21.6. The number of para-hydroxylation sites is 2. The molecule has 7 nitrogen and oxygen atoms in total. The third-order valence-corrected chi connectivity index (χ3v) is 4.59. The van der Waals surface area contributed by atoms with Crippen molar-refractivity contribution in [2.24, 2.45) is 0 Å². The van der Waals surface area contributed by atoms with E-state index >= 15 is 0 Å². The van der Waals surface area contributed by atoms with Gasteiger partial charge in [0.25, 0.3) is 0 Å². The molecular weight excluding hydrogens is 354 g/mol. The quantitative estimate of drug-likeness (QED) is 0.597. The normalized spacial score (nSPS) is 12.6. The van der Waals surface area contributed by atoms with Crippen LogP contribution in [0.2, 0.25) is 0 Å². The van der Waals surface area contributed by atoms with Gasteiger partial charge >= 0.3 is 0 Å². The second-order valence-electron chi connectivity index (χ2n) is 6.31. The van der Waals surface area contributed by atoms with Crippen LogP contribution in [-0.2, 0) is 4.79 Å². The zero-order chi connectivity index (χ0) is 18.9. The van der Waals surface area contributed by atoms with Gasteiger partial charge in [0.05, 0.1) is 5.92 Å². The first-order chi connectivity index (χ1) is 13.8. The summed E-state index contributed by atoms with van der Waals surface area (Å²) < 4.78 is 7.57. The molecule has 1 aliphatic heterocycles. The Morgan fingerprint density at radius 3 is 2.36 bits per heavy atom. The molecular formula is C21H15N5O2. The van der Waals surface area contributed by atoms with Crippen molar-refractivity contribution < 1.29 is 9.53 Å². The molecule has 1 aliphatic rings. The zero-order valence-corrected chi connectivity index (χ0v) is 14.7. The number of hydrogen-bond acceptors (Lipinski definition) is 5. The van der Waals surface area contributed by atoms with Gasteiger partial charge in [-0.05, 0) is 18.2 Å². The van der Waals surface area contributed by atoms with Crippen molar-refractivity contribution >= 4 is 11.7 Å². The number of amides is 1. The number of carbonyl (C=O) groups is 1. The highest BCUT2D eigenvalue weighted by Crippen LogP contribution is 2.44. The van der Waals surface area contributed by atoms with Crippen LogP contribution in [-0.4, -0.2) is 25.7 Å². The number of benzene rings is 2. The van der Waals surface area contributed by atoms with E-state index < -0.39 is 5.92 Å². The molecule has 136 valence electrons. The van der Waals surface area contributed by atoms with E-state index in [1.807, 2.05) is 48.5 Å². The Bertz CT molecular complexity index is 1110. The number of hydrogen-bond donors (Lipinski definition) is 1. The fourth-order valence-electron chi connectivity index (χ4n) is 3.34. The Labute approximate surface area is 160 Å². The predicted molar refractivity (Wildman–Crippen MR) is 103 cm³/mol. The first-order valence-corrected chi connectivity index (χ1v) is 8.78. The van der Waals surface area contributed by atoms with E-state index in [2.05, 4.69) is 20.4 Å². The monoisotopic (exact) mass is 369 g/mol. The SMILES string of the molecule is O=C(Nc1cc(-n2cccn2)ncn1)C1c2ccccc2Oc2ccccc21. The lowest BCUT2D eigenvalue weighted by Crippen LogP contribution is -2.25. The topological polar surface area (TPSA) is 81.9 Å². The minimum absolute atomic E-state index is 0.187. The van der Waals surface area contributed by atoms with Crippen molar-refractivity contribution in [1.82, 2.24) is 19.7 Å². The molecule has 0 saturated carbocycles. The second-order valence-corrected chi connectivity index (χ2v) is 6.31. The van der Waals surface area contributed by atoms with Crippen LogP contribution in [0.25, 0.3) is 5.82 Å². The zero-order valence-electron chi connectivity index (χ0n) is 14.7. The van der Waals surface area contributed by atoms with Crippen LogP contribution in [0.5, 0.6) is 11.5 Å². The van der Waals surface area contributed by atoms with Gasteiger partial charge in [0, 0.05) is 29.6 Å². The van der Waals surface area contributed by atoms with Crippen LogP contribution in [0, 0.1) is 0 Å². The van der Waals surface area contributed by atoms with Crippen LogP contribution in [0.3, 0.4) is 0 Å². The summed E-state index contributed by atoms with van der Waals surface area (Å²) in [5.41, 5.74) is 1.64. The molecule has 1 N–H and O–H groups in total. The summed E-state index contributed by atoms with van der Waals surface area (Å²) in [6.07, 6.45) is 4.84. The molecule has 0 spiro atoms. The minimum Gasteiger partial charge on any atom is -0.457 e. The van der Waals surface area contributed by atoms with Crippen molar-refractivity contribution in [2.45, 2.75) is 5.92 Å². The molecule has 0 fully saturated rings. The highest BCUT2D eigenvalue weighted by Gasteiger charge is 2.32. The van der Waals surface area contributed by atoms with Gasteiger partial charge in [-0.15, -0.1) is 0 Å². The van der Waals surface area contributed by atoms with Crippen LogP contribution < -0.4 is 10.1 Å². The first-order valence-electron chi connectivity index (χ1n) is 8.78. The number of nitrogens with zero attached hydrogens (tertiary/aromatic N) is 4. The highest BCUT2D eigenvalue weighted by atomic mass is 16.5. The standard InChI is InChI=1S/C21H15N5O2/c27-21(25-18-12-19(23-13-22-18)26-11-5-10-24-26)20-14-6-1-3-8-16(14)28-17-9-4-2-7-15(17)20/h1-13,20H,(H,22,23,25,27). The van der Waals surface area contributed by atoms with E-state index in [9.17, 15) is 4.79 Å². The lowest BCUT2D eigenvalue weighted by atomic mass is 9.87. The van der Waals surface area contributed by atoms with E-state index in [1.54, 1.807) is 29.2 Å². The van der Waals surface area contributed by atoms with Gasteiger partial charge in [0.2, 0.25) is 5.91 Å². The number of rotatable bonds is 3. The molecule has 3 heterocycles. The Morgan fingerprint density at radius 2 is 1.68 bits per heavy atom. The highest BCUT2D eigenvalue weighted by molar-refractivity contribution is 5.99. The van der Waals surface area contributed by atoms with E-state index in [0.717, 1.165) is 11.1 Å². The van der Waals surface area contributed by atoms with Crippen molar-refractivity contribution in [3.8, 4) is 17.3 Å². The Morgan fingerprint density at radius 1 is 0.964 bits per heavy atom. The van der Waals surface area contributed by atoms with Gasteiger partial charge in [-0.3, -0.25) is 4.79 Å². The number of anilines is 1. The first kappa shape index (κ1) is 16.2. The lowest BCUT2D eigenvalue weighted by Gasteiger charge is -2.27. The molecule has 28 heavy (non-hydrogen) atoms. The lowest BCUT2D eigenvalue weighted by molar-refractivity contribution is -0.116. The van der Waals surface area contributed by atoms with Gasteiger partial charge < -0.3 is 10.1 Å². The summed E-state index contributed by atoms with van der Waals surface area (Å²) in [7, 11) is 0. The maximum absolute atomic E-state index is 13.2. The van der Waals surface area contributed by atoms with Crippen molar-refractivity contribution in [3.63, 3.8) is 0 Å². The largest absolute Gasteiger partial charge is 0.457 e. The average molecular weight is 369 g/mol. The molecule has 2 aromatic carbocycles. The van der Waals surface area contributed by atoms with Crippen molar-refractivity contribution in [1.29, 1.82) is 0 Å². The smallest absolute Gasteiger partial charge is 0.237 e. The molecule has 0 saturated heterocycles. The van der Waals surface area contributed by atoms with E-state index in [1.165, 1.54) is 6.33 Å². The molecule has 0 atom stereocenters. The Kier molecular flexibility index (Phi) is 3.83. The molecule has 0 bridgehead atoms. The number of nitrogens with one attached hydrogen (secondary N) is 1. The number of ether oxygens (including phenoxy) is 1. The van der Waals surface area contributed by atoms with E-state index in [4.69, 9.17) is 4.74 Å².